The summed E-state index contributed by atoms with van der Waals surface area (Å²) in [6.45, 7) is 3.67. The maximum atomic E-state index is 13.5. The Morgan fingerprint density at radius 2 is 1.57 bits per heavy atom. The van der Waals surface area contributed by atoms with Crippen LogP contribution in [0.1, 0.15) is 25.0 Å². The van der Waals surface area contributed by atoms with Crippen molar-refractivity contribution >= 4 is 46.6 Å². The summed E-state index contributed by atoms with van der Waals surface area (Å²) >= 11 is 18.2. The molecular formula is C27H27Cl3N2O3. The first kappa shape index (κ1) is 26.9. The number of benzene rings is 3. The third-order valence-electron chi connectivity index (χ3n) is 5.21. The summed E-state index contributed by atoms with van der Waals surface area (Å²) in [5.74, 6) is -0.0851. The lowest BCUT2D eigenvalue weighted by Crippen LogP contribution is -2.52. The molecule has 1 unspecified atom stereocenters. The van der Waals surface area contributed by atoms with Gasteiger partial charge in [0, 0.05) is 24.0 Å². The van der Waals surface area contributed by atoms with E-state index in [0.29, 0.717) is 27.2 Å². The average Bonchev–Trinajstić information content (AvgIpc) is 2.83. The van der Waals surface area contributed by atoms with Gasteiger partial charge in [0.2, 0.25) is 5.91 Å². The number of carbonyl (C=O) groups is 2. The second-order valence-electron chi connectivity index (χ2n) is 8.38. The molecule has 0 fully saturated rings. The van der Waals surface area contributed by atoms with Crippen LogP contribution in [0.5, 0.6) is 5.75 Å². The van der Waals surface area contributed by atoms with Gasteiger partial charge in [0.15, 0.2) is 6.61 Å². The first-order chi connectivity index (χ1) is 16.7. The van der Waals surface area contributed by atoms with Crippen LogP contribution in [0.4, 0.5) is 0 Å². The molecular weight excluding hydrogens is 507 g/mol. The third kappa shape index (κ3) is 8.17. The van der Waals surface area contributed by atoms with E-state index in [4.69, 9.17) is 39.5 Å². The smallest absolute Gasteiger partial charge is 0.261 e. The minimum Gasteiger partial charge on any atom is -0.484 e. The molecule has 0 aliphatic heterocycles. The molecule has 5 nitrogen and oxygen atoms in total. The van der Waals surface area contributed by atoms with Crippen LogP contribution < -0.4 is 10.1 Å². The zero-order chi connectivity index (χ0) is 25.4. The van der Waals surface area contributed by atoms with Gasteiger partial charge in [0.25, 0.3) is 5.91 Å². The molecule has 0 aliphatic carbocycles. The maximum Gasteiger partial charge on any atom is 0.261 e. The second kappa shape index (κ2) is 12.8. The Kier molecular flexibility index (Phi) is 9.84. The monoisotopic (exact) mass is 532 g/mol. The number of nitrogens with one attached hydrogen (secondary N) is 1. The quantitative estimate of drug-likeness (QED) is 0.338. The summed E-state index contributed by atoms with van der Waals surface area (Å²) in [5, 5.41) is 4.31. The molecule has 3 aromatic carbocycles. The van der Waals surface area contributed by atoms with E-state index in [1.165, 1.54) is 4.90 Å². The van der Waals surface area contributed by atoms with Crippen molar-refractivity contribution in [3.8, 4) is 5.75 Å². The lowest BCUT2D eigenvalue weighted by atomic mass is 10.0. The van der Waals surface area contributed by atoms with Crippen molar-refractivity contribution in [1.82, 2.24) is 10.2 Å². The zero-order valence-electron chi connectivity index (χ0n) is 19.5. The highest BCUT2D eigenvalue weighted by atomic mass is 35.5. The first-order valence-corrected chi connectivity index (χ1v) is 12.3. The van der Waals surface area contributed by atoms with Gasteiger partial charge in [0.05, 0.1) is 10.0 Å². The van der Waals surface area contributed by atoms with E-state index in [1.807, 2.05) is 44.2 Å². The van der Waals surface area contributed by atoms with Crippen molar-refractivity contribution in [3.63, 3.8) is 0 Å². The fourth-order valence-electron chi connectivity index (χ4n) is 3.53. The normalized spacial score (nSPS) is 11.7. The highest BCUT2D eigenvalue weighted by molar-refractivity contribution is 6.42. The van der Waals surface area contributed by atoms with Gasteiger partial charge in [-0.2, -0.15) is 0 Å². The number of hydrogen-bond donors (Lipinski definition) is 1. The molecule has 0 saturated heterocycles. The number of carbonyl (C=O) groups excluding carboxylic acids is 2. The van der Waals surface area contributed by atoms with Crippen molar-refractivity contribution in [3.05, 3.63) is 99.0 Å². The van der Waals surface area contributed by atoms with Gasteiger partial charge in [-0.05, 0) is 61.4 Å². The topological polar surface area (TPSA) is 58.6 Å². The van der Waals surface area contributed by atoms with E-state index >= 15 is 0 Å². The van der Waals surface area contributed by atoms with Gasteiger partial charge in [-0.1, -0.05) is 71.2 Å². The van der Waals surface area contributed by atoms with Gasteiger partial charge < -0.3 is 15.0 Å². The molecule has 8 heteroatoms. The minimum atomic E-state index is -0.768. The molecule has 184 valence electrons. The number of ether oxygens (including phenoxy) is 1. The fourth-order valence-corrected chi connectivity index (χ4v) is 3.97. The highest BCUT2D eigenvalue weighted by Gasteiger charge is 2.31. The molecule has 0 bridgehead atoms. The Morgan fingerprint density at radius 1 is 0.886 bits per heavy atom. The number of halogens is 3. The van der Waals surface area contributed by atoms with Crippen molar-refractivity contribution in [2.45, 2.75) is 38.9 Å². The van der Waals surface area contributed by atoms with E-state index in [0.717, 1.165) is 11.1 Å². The van der Waals surface area contributed by atoms with Crippen LogP contribution in [0.25, 0.3) is 0 Å². The van der Waals surface area contributed by atoms with Gasteiger partial charge in [-0.3, -0.25) is 9.59 Å². The summed E-state index contributed by atoms with van der Waals surface area (Å²) in [5.41, 5.74) is 1.68. The van der Waals surface area contributed by atoms with Crippen molar-refractivity contribution in [1.29, 1.82) is 0 Å². The number of hydrogen-bond acceptors (Lipinski definition) is 3. The summed E-state index contributed by atoms with van der Waals surface area (Å²) < 4.78 is 5.72. The molecule has 3 aromatic rings. The fraction of sp³-hybridized carbons (Fsp3) is 0.259. The number of amides is 2. The van der Waals surface area contributed by atoms with E-state index in [-0.39, 0.29) is 31.0 Å². The summed E-state index contributed by atoms with van der Waals surface area (Å²) in [6.07, 6.45) is 0.341. The van der Waals surface area contributed by atoms with Crippen molar-refractivity contribution in [2.24, 2.45) is 0 Å². The van der Waals surface area contributed by atoms with Gasteiger partial charge >= 0.3 is 0 Å². The molecule has 0 aromatic heterocycles. The average molecular weight is 534 g/mol. The van der Waals surface area contributed by atoms with Crippen LogP contribution in [0, 0.1) is 0 Å². The zero-order valence-corrected chi connectivity index (χ0v) is 21.8. The van der Waals surface area contributed by atoms with Crippen LogP contribution in [0.15, 0.2) is 72.8 Å². The highest BCUT2D eigenvalue weighted by Crippen LogP contribution is 2.24. The minimum absolute atomic E-state index is 0.0898. The molecule has 0 aliphatic rings. The molecule has 0 spiro atoms. The van der Waals surface area contributed by atoms with E-state index in [2.05, 4.69) is 5.32 Å². The largest absolute Gasteiger partial charge is 0.484 e. The molecule has 0 heterocycles. The van der Waals surface area contributed by atoms with E-state index < -0.39 is 6.04 Å². The summed E-state index contributed by atoms with van der Waals surface area (Å²) in [7, 11) is 0. The van der Waals surface area contributed by atoms with Crippen LogP contribution in [0.2, 0.25) is 15.1 Å². The van der Waals surface area contributed by atoms with Crippen molar-refractivity contribution in [2.75, 3.05) is 6.61 Å². The molecule has 0 radical (unpaired) electrons. The summed E-state index contributed by atoms with van der Waals surface area (Å²) in [6, 6.07) is 20.6. The molecule has 3 rings (SSSR count). The molecule has 1 N–H and O–H groups in total. The predicted octanol–water partition coefficient (Wildman–Crippen LogP) is 6.19. The van der Waals surface area contributed by atoms with Crippen LogP contribution in [-0.2, 0) is 22.6 Å². The van der Waals surface area contributed by atoms with E-state index in [1.54, 1.807) is 42.5 Å². The van der Waals surface area contributed by atoms with Gasteiger partial charge in [-0.15, -0.1) is 0 Å². The summed E-state index contributed by atoms with van der Waals surface area (Å²) in [4.78, 5) is 28.3. The van der Waals surface area contributed by atoms with Crippen LogP contribution >= 0.6 is 34.8 Å². The number of nitrogens with zero attached hydrogens (tertiary/aromatic N) is 1. The molecule has 2 amide bonds. The Bertz CT molecular complexity index is 1140. The molecule has 35 heavy (non-hydrogen) atoms. The Hall–Kier alpha value is -2.73. The molecule has 1 atom stereocenters. The third-order valence-corrected chi connectivity index (χ3v) is 6.21. The predicted molar refractivity (Wildman–Crippen MR) is 141 cm³/mol. The second-order valence-corrected chi connectivity index (χ2v) is 9.63. The first-order valence-electron chi connectivity index (χ1n) is 11.2. The number of rotatable bonds is 10. The van der Waals surface area contributed by atoms with Crippen LogP contribution in [0.3, 0.4) is 0 Å². The standard InChI is InChI=1S/C27H27Cl3N2O3/c1-18(2)31-27(34)25(15-19-6-4-3-5-7-19)32(16-20-8-13-23(29)24(30)14-20)26(33)17-35-22-11-9-21(28)10-12-22/h3-14,18,25H,15-17H2,1-2H3,(H,31,34). The lowest BCUT2D eigenvalue weighted by molar-refractivity contribution is -0.143. The van der Waals surface area contributed by atoms with Crippen molar-refractivity contribution < 1.29 is 14.3 Å². The Labute approximate surface area is 220 Å². The van der Waals surface area contributed by atoms with E-state index in [9.17, 15) is 9.59 Å². The lowest BCUT2D eigenvalue weighted by Gasteiger charge is -2.32. The Balaban J connectivity index is 1.92. The SMILES string of the molecule is CC(C)NC(=O)C(Cc1ccccc1)N(Cc1ccc(Cl)c(Cl)c1)C(=O)COc1ccc(Cl)cc1. The molecule has 0 saturated carbocycles. The van der Waals surface area contributed by atoms with Crippen LogP contribution in [-0.4, -0.2) is 35.4 Å². The van der Waals surface area contributed by atoms with Gasteiger partial charge in [0.1, 0.15) is 11.8 Å². The van der Waals surface area contributed by atoms with Gasteiger partial charge in [-0.25, -0.2) is 0 Å². The Morgan fingerprint density at radius 3 is 2.20 bits per heavy atom. The maximum absolute atomic E-state index is 13.5.